The Morgan fingerprint density at radius 1 is 1.39 bits per heavy atom. The van der Waals surface area contributed by atoms with Gasteiger partial charge in [-0.3, -0.25) is 0 Å². The number of hydrogen-bond donors (Lipinski definition) is 2. The normalized spacial score (nSPS) is 23.5. The third kappa shape index (κ3) is 7.86. The highest BCUT2D eigenvalue weighted by molar-refractivity contribution is 5.73. The number of nitrogens with zero attached hydrogens (tertiary/aromatic N) is 1. The number of carboxylic acids is 1. The van der Waals surface area contributed by atoms with E-state index in [0.29, 0.717) is 6.04 Å². The van der Waals surface area contributed by atoms with Crippen LogP contribution in [0.25, 0.3) is 0 Å². The average molecular weight is 268 g/mol. The Morgan fingerprint density at radius 3 is 2.17 bits per heavy atom. The van der Waals surface area contributed by atoms with Crippen molar-refractivity contribution in [1.29, 1.82) is 5.26 Å². The second-order valence-corrected chi connectivity index (χ2v) is 3.81. The maximum Gasteiger partial charge on any atom is 0.490 e. The fourth-order valence-electron chi connectivity index (χ4n) is 1.41. The van der Waals surface area contributed by atoms with Gasteiger partial charge in [-0.2, -0.15) is 18.4 Å². The molecular formula is C10H15F3N2O3. The monoisotopic (exact) mass is 268 g/mol. The number of carboxylic acid groups (broad SMARTS) is 1. The van der Waals surface area contributed by atoms with Crippen molar-refractivity contribution in [3.8, 4) is 6.07 Å². The standard InChI is InChI=1S/C8H14N2O.C2HF3O2/c9-5-6-11-8-3-1-7(10)2-4-8;3-2(4,5)1(6)7/h7-8H,1-4,6,10H2;(H,6,7). The molecule has 8 heteroatoms. The zero-order valence-corrected chi connectivity index (χ0v) is 9.61. The molecule has 0 aromatic carbocycles. The van der Waals surface area contributed by atoms with E-state index in [1.54, 1.807) is 0 Å². The van der Waals surface area contributed by atoms with Crippen molar-refractivity contribution in [3.63, 3.8) is 0 Å². The summed E-state index contributed by atoms with van der Waals surface area (Å²) in [4.78, 5) is 8.90. The molecule has 0 spiro atoms. The molecule has 0 heterocycles. The highest BCUT2D eigenvalue weighted by Gasteiger charge is 2.38. The van der Waals surface area contributed by atoms with Crippen LogP contribution in [0.15, 0.2) is 0 Å². The van der Waals surface area contributed by atoms with Gasteiger partial charge in [0.2, 0.25) is 0 Å². The molecule has 3 N–H and O–H groups in total. The lowest BCUT2D eigenvalue weighted by atomic mass is 9.94. The Bertz CT molecular complexity index is 294. The third-order valence-electron chi connectivity index (χ3n) is 2.34. The van der Waals surface area contributed by atoms with E-state index in [0.717, 1.165) is 25.7 Å². The van der Waals surface area contributed by atoms with Crippen LogP contribution >= 0.6 is 0 Å². The Balaban J connectivity index is 0.000000360. The molecule has 1 aliphatic rings. The molecule has 1 saturated carbocycles. The Kier molecular flexibility index (Phi) is 7.31. The van der Waals surface area contributed by atoms with E-state index < -0.39 is 12.1 Å². The zero-order chi connectivity index (χ0) is 14.2. The number of nitrogens with two attached hydrogens (primary N) is 1. The molecule has 1 rings (SSSR count). The number of ether oxygens (including phenoxy) is 1. The largest absolute Gasteiger partial charge is 0.490 e. The fourth-order valence-corrected chi connectivity index (χ4v) is 1.41. The zero-order valence-electron chi connectivity index (χ0n) is 9.61. The van der Waals surface area contributed by atoms with Gasteiger partial charge >= 0.3 is 12.1 Å². The number of rotatable bonds is 2. The van der Waals surface area contributed by atoms with Crippen LogP contribution in [-0.4, -0.2) is 36.0 Å². The molecule has 0 atom stereocenters. The predicted molar refractivity (Wildman–Crippen MR) is 55.5 cm³/mol. The first kappa shape index (κ1) is 16.7. The lowest BCUT2D eigenvalue weighted by molar-refractivity contribution is -0.192. The Labute approximate surface area is 102 Å². The first-order valence-corrected chi connectivity index (χ1v) is 5.31. The van der Waals surface area contributed by atoms with Gasteiger partial charge < -0.3 is 15.6 Å². The van der Waals surface area contributed by atoms with Crippen molar-refractivity contribution in [1.82, 2.24) is 0 Å². The molecule has 0 aromatic heterocycles. The summed E-state index contributed by atoms with van der Waals surface area (Å²) in [5.74, 6) is -2.76. The molecule has 0 unspecified atom stereocenters. The van der Waals surface area contributed by atoms with Crippen LogP contribution in [0.4, 0.5) is 13.2 Å². The van der Waals surface area contributed by atoms with E-state index in [2.05, 4.69) is 0 Å². The lowest BCUT2D eigenvalue weighted by Crippen LogP contribution is -2.30. The molecule has 0 radical (unpaired) electrons. The van der Waals surface area contributed by atoms with Crippen LogP contribution < -0.4 is 5.73 Å². The highest BCUT2D eigenvalue weighted by atomic mass is 19.4. The third-order valence-corrected chi connectivity index (χ3v) is 2.34. The summed E-state index contributed by atoms with van der Waals surface area (Å²) in [6.07, 6.45) is -0.688. The van der Waals surface area contributed by atoms with E-state index in [9.17, 15) is 13.2 Å². The molecular weight excluding hydrogens is 253 g/mol. The van der Waals surface area contributed by atoms with Crippen LogP contribution in [-0.2, 0) is 9.53 Å². The van der Waals surface area contributed by atoms with Crippen LogP contribution in [0.1, 0.15) is 25.7 Å². The van der Waals surface area contributed by atoms with E-state index in [-0.39, 0.29) is 12.7 Å². The minimum Gasteiger partial charge on any atom is -0.475 e. The van der Waals surface area contributed by atoms with Gasteiger partial charge in [-0.15, -0.1) is 0 Å². The summed E-state index contributed by atoms with van der Waals surface area (Å²) in [5, 5.41) is 15.4. The van der Waals surface area contributed by atoms with Gasteiger partial charge in [0.15, 0.2) is 0 Å². The smallest absolute Gasteiger partial charge is 0.475 e. The van der Waals surface area contributed by atoms with Crippen molar-refractivity contribution in [2.24, 2.45) is 5.73 Å². The van der Waals surface area contributed by atoms with E-state index in [1.165, 1.54) is 0 Å². The number of halogens is 3. The molecule has 0 aliphatic heterocycles. The van der Waals surface area contributed by atoms with E-state index >= 15 is 0 Å². The summed E-state index contributed by atoms with van der Waals surface area (Å²) in [6.45, 7) is 0.222. The molecule has 0 amide bonds. The molecule has 0 bridgehead atoms. The van der Waals surface area contributed by atoms with Gasteiger partial charge in [0.1, 0.15) is 6.61 Å². The van der Waals surface area contributed by atoms with Gasteiger partial charge in [0, 0.05) is 6.04 Å². The predicted octanol–water partition coefficient (Wildman–Crippen LogP) is 1.43. The van der Waals surface area contributed by atoms with E-state index in [1.807, 2.05) is 6.07 Å². The summed E-state index contributed by atoms with van der Waals surface area (Å²) in [5.41, 5.74) is 5.71. The SMILES string of the molecule is N#CCOC1CCC(N)CC1.O=C(O)C(F)(F)F. The van der Waals surface area contributed by atoms with Crippen LogP contribution in [0, 0.1) is 11.3 Å². The van der Waals surface area contributed by atoms with Gasteiger partial charge in [0.25, 0.3) is 0 Å². The second-order valence-electron chi connectivity index (χ2n) is 3.81. The fraction of sp³-hybridized carbons (Fsp3) is 0.800. The number of nitriles is 1. The molecule has 1 aliphatic carbocycles. The minimum atomic E-state index is -5.08. The van der Waals surface area contributed by atoms with Crippen molar-refractivity contribution in [2.45, 2.75) is 44.0 Å². The van der Waals surface area contributed by atoms with Gasteiger partial charge in [-0.1, -0.05) is 0 Å². The second kappa shape index (κ2) is 7.89. The molecule has 1 fully saturated rings. The van der Waals surface area contributed by atoms with Crippen LogP contribution in [0.3, 0.4) is 0 Å². The first-order valence-electron chi connectivity index (χ1n) is 5.31. The number of alkyl halides is 3. The van der Waals surface area contributed by atoms with Crippen LogP contribution in [0.5, 0.6) is 0 Å². The minimum absolute atomic E-state index is 0.222. The van der Waals surface area contributed by atoms with Gasteiger partial charge in [-0.25, -0.2) is 4.79 Å². The molecule has 0 saturated heterocycles. The highest BCUT2D eigenvalue weighted by Crippen LogP contribution is 2.19. The Morgan fingerprint density at radius 2 is 1.83 bits per heavy atom. The molecule has 18 heavy (non-hydrogen) atoms. The summed E-state index contributed by atoms with van der Waals surface area (Å²) in [6, 6.07) is 2.33. The lowest BCUT2D eigenvalue weighted by Gasteiger charge is -2.25. The van der Waals surface area contributed by atoms with Gasteiger partial charge in [0.05, 0.1) is 12.2 Å². The van der Waals surface area contributed by atoms with Crippen LogP contribution in [0.2, 0.25) is 0 Å². The maximum atomic E-state index is 10.6. The quantitative estimate of drug-likeness (QED) is 0.789. The Hall–Kier alpha value is -1.33. The number of carbonyl (C=O) groups is 1. The van der Waals surface area contributed by atoms with Crippen molar-refractivity contribution < 1.29 is 27.8 Å². The van der Waals surface area contributed by atoms with Gasteiger partial charge in [-0.05, 0) is 25.7 Å². The first-order chi connectivity index (χ1) is 8.27. The van der Waals surface area contributed by atoms with Crippen molar-refractivity contribution >= 4 is 5.97 Å². The topological polar surface area (TPSA) is 96.3 Å². The average Bonchev–Trinajstić information content (AvgIpc) is 2.28. The molecule has 5 nitrogen and oxygen atoms in total. The molecule has 0 aromatic rings. The van der Waals surface area contributed by atoms with Crippen molar-refractivity contribution in [2.75, 3.05) is 6.61 Å². The van der Waals surface area contributed by atoms with Crippen molar-refractivity contribution in [3.05, 3.63) is 0 Å². The summed E-state index contributed by atoms with van der Waals surface area (Å²) in [7, 11) is 0. The number of hydrogen-bond acceptors (Lipinski definition) is 4. The van der Waals surface area contributed by atoms with E-state index in [4.69, 9.17) is 25.6 Å². The summed E-state index contributed by atoms with van der Waals surface area (Å²) < 4.78 is 37.0. The maximum absolute atomic E-state index is 10.6. The number of aliphatic carboxylic acids is 1. The molecule has 104 valence electrons. The summed E-state index contributed by atoms with van der Waals surface area (Å²) >= 11 is 0.